The van der Waals surface area contributed by atoms with Crippen molar-refractivity contribution in [2.45, 2.75) is 19.4 Å². The second kappa shape index (κ2) is 10.4. The molecular weight excluding hydrogens is 465 g/mol. The molecule has 3 aliphatic heterocycles. The molecule has 0 spiro atoms. The van der Waals surface area contributed by atoms with Crippen molar-refractivity contribution in [3.63, 3.8) is 0 Å². The molecule has 4 rings (SSSR count). The highest BCUT2D eigenvalue weighted by Crippen LogP contribution is 2.28. The van der Waals surface area contributed by atoms with E-state index in [1.54, 1.807) is 17.0 Å². The lowest BCUT2D eigenvalue weighted by atomic mass is 10.2. The first-order valence-corrected chi connectivity index (χ1v) is 11.7. The lowest BCUT2D eigenvalue weighted by Crippen LogP contribution is -2.50. The third-order valence-electron chi connectivity index (χ3n) is 6.11. The first-order valence-electron chi connectivity index (χ1n) is 11.3. The van der Waals surface area contributed by atoms with Gasteiger partial charge in [-0.05, 0) is 36.8 Å². The summed E-state index contributed by atoms with van der Waals surface area (Å²) in [6.07, 6.45) is 0.222. The van der Waals surface area contributed by atoms with Gasteiger partial charge in [0.25, 0.3) is 5.91 Å². The van der Waals surface area contributed by atoms with E-state index in [0.717, 1.165) is 19.5 Å². The van der Waals surface area contributed by atoms with E-state index >= 15 is 0 Å². The van der Waals surface area contributed by atoms with Gasteiger partial charge in [0.15, 0.2) is 11.7 Å². The average molecular weight is 494 g/mol. The first kappa shape index (κ1) is 24.0. The number of ether oxygens (including phenoxy) is 2. The highest BCUT2D eigenvalue weighted by atomic mass is 32.1. The van der Waals surface area contributed by atoms with Gasteiger partial charge < -0.3 is 29.5 Å². The van der Waals surface area contributed by atoms with Crippen molar-refractivity contribution in [1.29, 1.82) is 0 Å². The summed E-state index contributed by atoms with van der Waals surface area (Å²) in [5.41, 5.74) is 0.829. The van der Waals surface area contributed by atoms with E-state index in [9.17, 15) is 18.8 Å². The highest BCUT2D eigenvalue weighted by Gasteiger charge is 2.33. The molecule has 1 unspecified atom stereocenters. The molecule has 12 heteroatoms. The van der Waals surface area contributed by atoms with E-state index in [4.69, 9.17) is 21.7 Å². The number of carbonyl (C=O) groups excluding carboxylic acids is 3. The van der Waals surface area contributed by atoms with Gasteiger partial charge in [-0.3, -0.25) is 14.5 Å². The molecule has 3 heterocycles. The number of carbonyl (C=O) groups is 3. The highest BCUT2D eigenvalue weighted by molar-refractivity contribution is 7.80. The lowest BCUT2D eigenvalue weighted by molar-refractivity contribution is -0.150. The molecule has 10 nitrogen and oxygen atoms in total. The van der Waals surface area contributed by atoms with Crippen molar-refractivity contribution >= 4 is 46.7 Å². The minimum Gasteiger partial charge on any atom is -0.456 e. The summed E-state index contributed by atoms with van der Waals surface area (Å²) >= 11 is 5.32. The fourth-order valence-corrected chi connectivity index (χ4v) is 4.31. The van der Waals surface area contributed by atoms with Crippen molar-refractivity contribution in [2.24, 2.45) is 0 Å². The number of amides is 2. The zero-order valence-corrected chi connectivity index (χ0v) is 19.8. The Morgan fingerprint density at radius 2 is 1.91 bits per heavy atom. The van der Waals surface area contributed by atoms with E-state index in [-0.39, 0.29) is 18.6 Å². The standard InChI is InChI=1S/C22H28FN5O5S/c1-15(29)32-14-20(30)26-9-7-25(8-10-26)19-4-3-16(11-18(19)23)28-13-17(33-22(28)31)12-24-21(34)27-5-2-6-27/h3-4,11,17H,2,5-10,12-14H2,1H3,(H,24,34). The number of benzene rings is 1. The van der Waals surface area contributed by atoms with Gasteiger partial charge in [0.1, 0.15) is 11.9 Å². The van der Waals surface area contributed by atoms with Crippen LogP contribution in [0.4, 0.5) is 20.6 Å². The van der Waals surface area contributed by atoms with Crippen LogP contribution < -0.4 is 15.1 Å². The van der Waals surface area contributed by atoms with Crippen molar-refractivity contribution < 1.29 is 28.2 Å². The fraction of sp³-hybridized carbons (Fsp3) is 0.545. The van der Waals surface area contributed by atoms with E-state index in [2.05, 4.69) is 5.32 Å². The maximum Gasteiger partial charge on any atom is 0.414 e. The van der Waals surface area contributed by atoms with Crippen LogP contribution in [0.5, 0.6) is 0 Å². The minimum atomic E-state index is -0.520. The molecule has 0 radical (unpaired) electrons. The number of esters is 1. The zero-order chi connectivity index (χ0) is 24.2. The maximum absolute atomic E-state index is 15.0. The van der Waals surface area contributed by atoms with Gasteiger partial charge in [0, 0.05) is 46.2 Å². The molecule has 3 saturated heterocycles. The Labute approximate surface area is 202 Å². The van der Waals surface area contributed by atoms with Gasteiger partial charge in [0.2, 0.25) is 0 Å². The number of thiocarbonyl (C=S) groups is 1. The SMILES string of the molecule is CC(=O)OCC(=O)N1CCN(c2ccc(N3CC(CNC(=S)N4CCC4)OC3=O)cc2F)CC1. The second-order valence-electron chi connectivity index (χ2n) is 8.43. The van der Waals surface area contributed by atoms with Crippen molar-refractivity contribution in [1.82, 2.24) is 15.1 Å². The Hall–Kier alpha value is -3.15. The van der Waals surface area contributed by atoms with Crippen LogP contribution in [0.15, 0.2) is 18.2 Å². The summed E-state index contributed by atoms with van der Waals surface area (Å²) in [5.74, 6) is -1.23. The number of halogens is 1. The summed E-state index contributed by atoms with van der Waals surface area (Å²) in [5, 5.41) is 3.78. The number of anilines is 2. The van der Waals surface area contributed by atoms with Crippen LogP contribution in [0.25, 0.3) is 0 Å². The Kier molecular flexibility index (Phi) is 7.35. The Balaban J connectivity index is 1.30. The predicted octanol–water partition coefficient (Wildman–Crippen LogP) is 0.943. The number of cyclic esters (lactones) is 1. The van der Waals surface area contributed by atoms with Gasteiger partial charge in [-0.25, -0.2) is 9.18 Å². The summed E-state index contributed by atoms with van der Waals surface area (Å²) in [6, 6.07) is 4.66. The van der Waals surface area contributed by atoms with Gasteiger partial charge in [0.05, 0.1) is 24.5 Å². The van der Waals surface area contributed by atoms with E-state index in [1.807, 2.05) is 9.80 Å². The zero-order valence-electron chi connectivity index (χ0n) is 19.0. The Morgan fingerprint density at radius 3 is 2.53 bits per heavy atom. The lowest BCUT2D eigenvalue weighted by Gasteiger charge is -2.36. The van der Waals surface area contributed by atoms with Crippen LogP contribution in [0.3, 0.4) is 0 Å². The Bertz CT molecular complexity index is 967. The summed E-state index contributed by atoms with van der Waals surface area (Å²) in [6.45, 7) is 5.22. The number of rotatable bonds is 6. The summed E-state index contributed by atoms with van der Waals surface area (Å²) < 4.78 is 25.1. The van der Waals surface area contributed by atoms with Crippen LogP contribution in [0.2, 0.25) is 0 Å². The molecule has 0 aromatic heterocycles. The van der Waals surface area contributed by atoms with Gasteiger partial charge in [-0.2, -0.15) is 0 Å². The quantitative estimate of drug-likeness (QED) is 0.459. The smallest absolute Gasteiger partial charge is 0.414 e. The molecule has 34 heavy (non-hydrogen) atoms. The van der Waals surface area contributed by atoms with Gasteiger partial charge in [-0.1, -0.05) is 0 Å². The van der Waals surface area contributed by atoms with Crippen molar-refractivity contribution in [2.75, 3.05) is 68.8 Å². The normalized spacial score (nSPS) is 20.1. The van der Waals surface area contributed by atoms with Crippen LogP contribution in [0, 0.1) is 5.82 Å². The predicted molar refractivity (Wildman–Crippen MR) is 126 cm³/mol. The number of hydrogen-bond acceptors (Lipinski definition) is 7. The van der Waals surface area contributed by atoms with Crippen LogP contribution in [-0.4, -0.2) is 98.0 Å². The van der Waals surface area contributed by atoms with E-state index in [0.29, 0.717) is 55.8 Å². The fourth-order valence-electron chi connectivity index (χ4n) is 4.04. The topological polar surface area (TPSA) is 94.7 Å². The van der Waals surface area contributed by atoms with Crippen LogP contribution in [-0.2, 0) is 19.1 Å². The molecule has 1 aromatic carbocycles. The minimum absolute atomic E-state index is 0.270. The van der Waals surface area contributed by atoms with Gasteiger partial charge >= 0.3 is 12.1 Å². The molecule has 1 aromatic rings. The summed E-state index contributed by atoms with van der Waals surface area (Å²) in [4.78, 5) is 42.2. The number of likely N-dealkylation sites (tertiary alicyclic amines) is 1. The molecule has 2 amide bonds. The molecule has 0 aliphatic carbocycles. The molecule has 0 saturated carbocycles. The van der Waals surface area contributed by atoms with Gasteiger partial charge in [-0.15, -0.1) is 0 Å². The number of nitrogens with one attached hydrogen (secondary N) is 1. The Morgan fingerprint density at radius 1 is 1.18 bits per heavy atom. The molecule has 1 atom stereocenters. The maximum atomic E-state index is 15.0. The van der Waals surface area contributed by atoms with E-state index in [1.165, 1.54) is 17.9 Å². The molecule has 3 aliphatic rings. The van der Waals surface area contributed by atoms with E-state index < -0.39 is 17.9 Å². The van der Waals surface area contributed by atoms with Crippen LogP contribution in [0.1, 0.15) is 13.3 Å². The van der Waals surface area contributed by atoms with Crippen molar-refractivity contribution in [3.05, 3.63) is 24.0 Å². The molecule has 1 N–H and O–H groups in total. The van der Waals surface area contributed by atoms with Crippen LogP contribution >= 0.6 is 12.2 Å². The molecule has 0 bridgehead atoms. The molecular formula is C22H28FN5O5S. The van der Waals surface area contributed by atoms with Crippen molar-refractivity contribution in [3.8, 4) is 0 Å². The number of piperazine rings is 1. The molecule has 184 valence electrons. The largest absolute Gasteiger partial charge is 0.456 e. The number of nitrogens with zero attached hydrogens (tertiary/aromatic N) is 4. The second-order valence-corrected chi connectivity index (χ2v) is 8.81. The number of hydrogen-bond donors (Lipinski definition) is 1. The summed E-state index contributed by atoms with van der Waals surface area (Å²) in [7, 11) is 0. The molecule has 3 fully saturated rings. The third-order valence-corrected chi connectivity index (χ3v) is 6.52. The monoisotopic (exact) mass is 493 g/mol. The third kappa shape index (κ3) is 5.49. The average Bonchev–Trinajstić information content (AvgIpc) is 3.15. The first-order chi connectivity index (χ1) is 16.3.